The van der Waals surface area contributed by atoms with Crippen LogP contribution in [0, 0.1) is 19.8 Å². The van der Waals surface area contributed by atoms with Crippen LogP contribution in [0.1, 0.15) is 43.6 Å². The van der Waals surface area contributed by atoms with Gasteiger partial charge >= 0.3 is 6.03 Å². The smallest absolute Gasteiger partial charge is 0.317 e. The number of rotatable bonds is 5. The number of carbonyl (C=O) groups excluding carboxylic acids is 2. The van der Waals surface area contributed by atoms with Gasteiger partial charge in [0.15, 0.2) is 0 Å². The number of nitrogens with one attached hydrogen (secondary N) is 2. The van der Waals surface area contributed by atoms with E-state index in [0.29, 0.717) is 19.6 Å². The molecule has 0 saturated carbocycles. The zero-order valence-corrected chi connectivity index (χ0v) is 15.2. The van der Waals surface area contributed by atoms with Gasteiger partial charge in [-0.25, -0.2) is 4.79 Å². The lowest BCUT2D eigenvalue weighted by Gasteiger charge is -2.34. The Bertz CT molecular complexity index is 560. The van der Waals surface area contributed by atoms with Gasteiger partial charge in [-0.1, -0.05) is 0 Å². The van der Waals surface area contributed by atoms with Crippen LogP contribution < -0.4 is 5.32 Å². The Labute approximate surface area is 143 Å². The van der Waals surface area contributed by atoms with E-state index in [1.165, 1.54) is 0 Å². The average molecular weight is 335 g/mol. The fourth-order valence-electron chi connectivity index (χ4n) is 3.27. The number of amides is 3. The molecule has 0 aliphatic carbocycles. The largest absolute Gasteiger partial charge is 0.343 e. The fraction of sp³-hybridized carbons (Fsp3) is 0.706. The minimum atomic E-state index is -0.105. The van der Waals surface area contributed by atoms with Crippen molar-refractivity contribution in [1.29, 1.82) is 0 Å². The first-order valence-corrected chi connectivity index (χ1v) is 8.79. The van der Waals surface area contributed by atoms with Crippen molar-refractivity contribution in [2.75, 3.05) is 26.2 Å². The van der Waals surface area contributed by atoms with Crippen molar-refractivity contribution in [3.05, 3.63) is 17.0 Å². The molecular weight excluding hydrogens is 306 g/mol. The molecule has 134 valence electrons. The van der Waals surface area contributed by atoms with E-state index in [1.807, 2.05) is 32.6 Å². The Morgan fingerprint density at radius 3 is 2.62 bits per heavy atom. The number of nitrogens with zero attached hydrogens (tertiary/aromatic N) is 3. The molecule has 0 aromatic carbocycles. The molecule has 1 saturated heterocycles. The lowest BCUT2D eigenvalue weighted by Crippen LogP contribution is -2.49. The minimum Gasteiger partial charge on any atom is -0.343 e. The third-order valence-corrected chi connectivity index (χ3v) is 4.83. The summed E-state index contributed by atoms with van der Waals surface area (Å²) in [4.78, 5) is 28.6. The van der Waals surface area contributed by atoms with Crippen molar-refractivity contribution in [3.8, 4) is 0 Å². The van der Waals surface area contributed by atoms with Crippen LogP contribution in [0.4, 0.5) is 4.79 Å². The first-order valence-electron chi connectivity index (χ1n) is 8.79. The van der Waals surface area contributed by atoms with Gasteiger partial charge in [-0.2, -0.15) is 5.10 Å². The van der Waals surface area contributed by atoms with Gasteiger partial charge < -0.3 is 15.1 Å². The topological polar surface area (TPSA) is 81.3 Å². The monoisotopic (exact) mass is 335 g/mol. The molecule has 1 unspecified atom stereocenters. The van der Waals surface area contributed by atoms with Gasteiger partial charge in [-0.15, -0.1) is 0 Å². The van der Waals surface area contributed by atoms with Gasteiger partial charge in [0.05, 0.1) is 11.6 Å². The molecule has 7 heteroatoms. The number of carbonyl (C=O) groups is 2. The SMILES string of the molecule is CCN(CC)C(=O)C1CCCN(C(=O)NCc2c(C)n[nH]c2C)C1. The van der Waals surface area contributed by atoms with E-state index in [2.05, 4.69) is 15.5 Å². The van der Waals surface area contributed by atoms with E-state index in [1.54, 1.807) is 4.90 Å². The molecule has 1 fully saturated rings. The highest BCUT2D eigenvalue weighted by Crippen LogP contribution is 2.19. The molecule has 1 aliphatic heterocycles. The molecule has 3 amide bonds. The molecule has 1 aromatic rings. The molecule has 0 bridgehead atoms. The Morgan fingerprint density at radius 2 is 2.04 bits per heavy atom. The Kier molecular flexibility index (Phi) is 6.23. The van der Waals surface area contributed by atoms with Gasteiger partial charge in [0.25, 0.3) is 0 Å². The number of aryl methyl sites for hydroxylation is 2. The second kappa shape index (κ2) is 8.17. The number of likely N-dealkylation sites (tertiary alicyclic amines) is 1. The summed E-state index contributed by atoms with van der Waals surface area (Å²) in [5, 5.41) is 10.0. The second-order valence-electron chi connectivity index (χ2n) is 6.37. The highest BCUT2D eigenvalue weighted by Gasteiger charge is 2.30. The Morgan fingerprint density at radius 1 is 1.33 bits per heavy atom. The van der Waals surface area contributed by atoms with Crippen LogP contribution >= 0.6 is 0 Å². The molecule has 24 heavy (non-hydrogen) atoms. The van der Waals surface area contributed by atoms with E-state index in [4.69, 9.17) is 0 Å². The number of piperidine rings is 1. The van der Waals surface area contributed by atoms with Crippen LogP contribution in [-0.4, -0.2) is 58.1 Å². The average Bonchev–Trinajstić information content (AvgIpc) is 2.92. The number of hydrogen-bond donors (Lipinski definition) is 2. The maximum absolute atomic E-state index is 12.5. The Balaban J connectivity index is 1.91. The summed E-state index contributed by atoms with van der Waals surface area (Å²) < 4.78 is 0. The lowest BCUT2D eigenvalue weighted by molar-refractivity contribution is -0.136. The van der Waals surface area contributed by atoms with E-state index < -0.39 is 0 Å². The Hall–Kier alpha value is -2.05. The predicted molar refractivity (Wildman–Crippen MR) is 92.5 cm³/mol. The van der Waals surface area contributed by atoms with Crippen LogP contribution in [0.5, 0.6) is 0 Å². The lowest BCUT2D eigenvalue weighted by atomic mass is 9.96. The van der Waals surface area contributed by atoms with Crippen LogP contribution in [-0.2, 0) is 11.3 Å². The molecule has 1 atom stereocenters. The highest BCUT2D eigenvalue weighted by molar-refractivity contribution is 5.81. The standard InChI is InChI=1S/C17H29N5O2/c1-5-21(6-2)16(23)14-8-7-9-22(11-14)17(24)18-10-15-12(3)19-20-13(15)4/h14H,5-11H2,1-4H3,(H,18,24)(H,19,20). The number of hydrogen-bond acceptors (Lipinski definition) is 3. The zero-order chi connectivity index (χ0) is 17.7. The summed E-state index contributed by atoms with van der Waals surface area (Å²) in [6, 6.07) is -0.105. The molecular formula is C17H29N5O2. The van der Waals surface area contributed by atoms with Crippen molar-refractivity contribution in [3.63, 3.8) is 0 Å². The van der Waals surface area contributed by atoms with Gasteiger partial charge in [-0.05, 0) is 40.5 Å². The van der Waals surface area contributed by atoms with Crippen LogP contribution in [0.3, 0.4) is 0 Å². The number of aromatic amines is 1. The van der Waals surface area contributed by atoms with Crippen molar-refractivity contribution in [1.82, 2.24) is 25.3 Å². The first kappa shape index (κ1) is 18.3. The quantitative estimate of drug-likeness (QED) is 0.861. The highest BCUT2D eigenvalue weighted by atomic mass is 16.2. The zero-order valence-electron chi connectivity index (χ0n) is 15.2. The van der Waals surface area contributed by atoms with Crippen molar-refractivity contribution in [2.24, 2.45) is 5.92 Å². The molecule has 0 radical (unpaired) electrons. The van der Waals surface area contributed by atoms with E-state index in [0.717, 1.165) is 42.9 Å². The molecule has 2 N–H and O–H groups in total. The maximum Gasteiger partial charge on any atom is 0.317 e. The summed E-state index contributed by atoms with van der Waals surface area (Å²) in [5.41, 5.74) is 2.90. The number of H-pyrrole nitrogens is 1. The molecule has 0 spiro atoms. The van der Waals surface area contributed by atoms with Gasteiger partial charge in [0, 0.05) is 44.0 Å². The molecule has 1 aliphatic rings. The molecule has 2 heterocycles. The third kappa shape index (κ3) is 4.07. The van der Waals surface area contributed by atoms with Crippen LogP contribution in [0.25, 0.3) is 0 Å². The van der Waals surface area contributed by atoms with Crippen molar-refractivity contribution < 1.29 is 9.59 Å². The van der Waals surface area contributed by atoms with Crippen LogP contribution in [0.15, 0.2) is 0 Å². The summed E-state index contributed by atoms with van der Waals surface area (Å²) in [7, 11) is 0. The molecule has 2 rings (SSSR count). The maximum atomic E-state index is 12.5. The fourth-order valence-corrected chi connectivity index (χ4v) is 3.27. The number of urea groups is 1. The van der Waals surface area contributed by atoms with E-state index >= 15 is 0 Å². The van der Waals surface area contributed by atoms with Gasteiger partial charge in [-0.3, -0.25) is 9.89 Å². The van der Waals surface area contributed by atoms with Crippen molar-refractivity contribution >= 4 is 11.9 Å². The molecule has 1 aromatic heterocycles. The van der Waals surface area contributed by atoms with Crippen molar-refractivity contribution in [2.45, 2.75) is 47.1 Å². The second-order valence-corrected chi connectivity index (χ2v) is 6.37. The minimum absolute atomic E-state index is 0.0817. The summed E-state index contributed by atoms with van der Waals surface area (Å²) in [6.07, 6.45) is 1.73. The summed E-state index contributed by atoms with van der Waals surface area (Å²) >= 11 is 0. The van der Waals surface area contributed by atoms with Gasteiger partial charge in [0.2, 0.25) is 5.91 Å². The van der Waals surface area contributed by atoms with E-state index in [9.17, 15) is 9.59 Å². The first-order chi connectivity index (χ1) is 11.5. The third-order valence-electron chi connectivity index (χ3n) is 4.83. The van der Waals surface area contributed by atoms with Gasteiger partial charge in [0.1, 0.15) is 0 Å². The summed E-state index contributed by atoms with van der Waals surface area (Å²) in [6.45, 7) is 11.0. The summed E-state index contributed by atoms with van der Waals surface area (Å²) in [5.74, 6) is 0.0841. The van der Waals surface area contributed by atoms with E-state index in [-0.39, 0.29) is 17.9 Å². The molecule has 7 nitrogen and oxygen atoms in total. The number of aromatic nitrogens is 2. The predicted octanol–water partition coefficient (Wildman–Crippen LogP) is 1.82. The van der Waals surface area contributed by atoms with Crippen LogP contribution in [0.2, 0.25) is 0 Å². The normalized spacial score (nSPS) is 17.7.